The second-order valence-corrected chi connectivity index (χ2v) is 4.69. The number of rotatable bonds is 0. The van der Waals surface area contributed by atoms with Crippen molar-refractivity contribution in [1.29, 1.82) is 0 Å². The van der Waals surface area contributed by atoms with Gasteiger partial charge in [-0.05, 0) is 6.92 Å². The predicted octanol–water partition coefficient (Wildman–Crippen LogP) is 2.18. The average molecular weight is 240 g/mol. The summed E-state index contributed by atoms with van der Waals surface area (Å²) in [5, 5.41) is 0.394. The van der Waals surface area contributed by atoms with Gasteiger partial charge in [-0.2, -0.15) is 0 Å². The van der Waals surface area contributed by atoms with Gasteiger partial charge < -0.3 is 15.2 Å². The summed E-state index contributed by atoms with van der Waals surface area (Å²) in [5.74, 6) is 0.122. The first-order valence-corrected chi connectivity index (χ1v) is 5.65. The van der Waals surface area contributed by atoms with E-state index in [-0.39, 0.29) is 11.9 Å². The van der Waals surface area contributed by atoms with Crippen LogP contribution in [0.15, 0.2) is 6.07 Å². The normalized spacial score (nSPS) is 19.0. The zero-order chi connectivity index (χ0) is 11.3. The third kappa shape index (κ3) is 1.30. The van der Waals surface area contributed by atoms with Crippen LogP contribution in [0.2, 0.25) is 0 Å². The zero-order valence-electron chi connectivity index (χ0n) is 8.49. The van der Waals surface area contributed by atoms with Crippen LogP contribution in [0.3, 0.4) is 0 Å². The minimum absolute atomic E-state index is 0.148. The second-order valence-electron chi connectivity index (χ2n) is 3.66. The molecule has 1 aromatic carbocycles. The van der Waals surface area contributed by atoms with Gasteiger partial charge in [-0.15, -0.1) is 0 Å². The minimum atomic E-state index is -0.459. The molecule has 0 amide bonds. The number of hydrogen-bond acceptors (Lipinski definition) is 5. The zero-order valence-corrected chi connectivity index (χ0v) is 9.31. The lowest BCUT2D eigenvalue weighted by molar-refractivity contribution is 0.100. The molecule has 0 aliphatic carbocycles. The number of nitrogens with two attached hydrogens (primary N) is 1. The SMILES string of the molecule is C[C@H]1COc2c(c(F)cc3nc(N)sc23)O1. The van der Waals surface area contributed by atoms with Crippen molar-refractivity contribution >= 4 is 26.7 Å². The molecule has 1 aromatic heterocycles. The van der Waals surface area contributed by atoms with Gasteiger partial charge in [0.15, 0.2) is 22.4 Å². The van der Waals surface area contributed by atoms with Crippen molar-refractivity contribution in [3.8, 4) is 11.5 Å². The molecular formula is C10H9FN2O2S. The molecule has 1 atom stereocenters. The van der Waals surface area contributed by atoms with Gasteiger partial charge in [-0.3, -0.25) is 0 Å². The summed E-state index contributed by atoms with van der Waals surface area (Å²) in [6.45, 7) is 2.23. The summed E-state index contributed by atoms with van der Waals surface area (Å²) < 4.78 is 25.4. The van der Waals surface area contributed by atoms with Crippen LogP contribution in [-0.4, -0.2) is 17.7 Å². The molecule has 2 aromatic rings. The fourth-order valence-electron chi connectivity index (χ4n) is 1.68. The van der Waals surface area contributed by atoms with Crippen molar-refractivity contribution in [3.63, 3.8) is 0 Å². The van der Waals surface area contributed by atoms with E-state index in [1.807, 2.05) is 6.92 Å². The Hall–Kier alpha value is -1.56. The van der Waals surface area contributed by atoms with Gasteiger partial charge >= 0.3 is 0 Å². The van der Waals surface area contributed by atoms with Crippen LogP contribution in [0, 0.1) is 5.82 Å². The van der Waals surface area contributed by atoms with E-state index < -0.39 is 5.82 Å². The largest absolute Gasteiger partial charge is 0.484 e. The van der Waals surface area contributed by atoms with Gasteiger partial charge in [-0.1, -0.05) is 11.3 Å². The highest BCUT2D eigenvalue weighted by molar-refractivity contribution is 7.22. The van der Waals surface area contributed by atoms with E-state index >= 15 is 0 Å². The number of thiazole rings is 1. The molecule has 3 rings (SSSR count). The fourth-order valence-corrected chi connectivity index (χ4v) is 2.49. The first kappa shape index (κ1) is 9.65. The molecule has 0 unspecified atom stereocenters. The van der Waals surface area contributed by atoms with Crippen LogP contribution in [-0.2, 0) is 0 Å². The highest BCUT2D eigenvalue weighted by atomic mass is 32.1. The van der Waals surface area contributed by atoms with Gasteiger partial charge in [-0.25, -0.2) is 9.37 Å². The third-order valence-electron chi connectivity index (χ3n) is 2.34. The summed E-state index contributed by atoms with van der Waals surface area (Å²) in [7, 11) is 0. The Kier molecular flexibility index (Phi) is 1.94. The van der Waals surface area contributed by atoms with Crippen molar-refractivity contribution in [2.45, 2.75) is 13.0 Å². The summed E-state index contributed by atoms with van der Waals surface area (Å²) in [6, 6.07) is 1.32. The number of nitrogens with zero attached hydrogens (tertiary/aromatic N) is 1. The molecular weight excluding hydrogens is 231 g/mol. The molecule has 16 heavy (non-hydrogen) atoms. The van der Waals surface area contributed by atoms with E-state index in [1.165, 1.54) is 17.4 Å². The molecule has 1 aliphatic heterocycles. The number of anilines is 1. The van der Waals surface area contributed by atoms with Gasteiger partial charge in [0.25, 0.3) is 0 Å². The van der Waals surface area contributed by atoms with Crippen molar-refractivity contribution in [2.24, 2.45) is 0 Å². The maximum atomic E-state index is 13.7. The molecule has 84 valence electrons. The number of halogens is 1. The van der Waals surface area contributed by atoms with Crippen LogP contribution in [0.5, 0.6) is 11.5 Å². The van der Waals surface area contributed by atoms with Gasteiger partial charge in [0, 0.05) is 6.07 Å². The number of aromatic nitrogens is 1. The summed E-state index contributed by atoms with van der Waals surface area (Å²) in [6.07, 6.45) is -0.148. The minimum Gasteiger partial charge on any atom is -0.484 e. The van der Waals surface area contributed by atoms with E-state index in [1.54, 1.807) is 0 Å². The molecule has 4 nitrogen and oxygen atoms in total. The number of nitrogen functional groups attached to an aromatic ring is 1. The monoisotopic (exact) mass is 240 g/mol. The van der Waals surface area contributed by atoms with E-state index in [0.717, 1.165) is 4.70 Å². The lowest BCUT2D eigenvalue weighted by atomic mass is 10.2. The topological polar surface area (TPSA) is 57.4 Å². The Bertz CT molecular complexity index is 569. The van der Waals surface area contributed by atoms with Gasteiger partial charge in [0.2, 0.25) is 0 Å². The maximum Gasteiger partial charge on any atom is 0.199 e. The van der Waals surface area contributed by atoms with Crippen molar-refractivity contribution in [2.75, 3.05) is 12.3 Å². The summed E-state index contributed by atoms with van der Waals surface area (Å²) >= 11 is 1.27. The summed E-state index contributed by atoms with van der Waals surface area (Å²) in [4.78, 5) is 4.02. The van der Waals surface area contributed by atoms with E-state index in [9.17, 15) is 4.39 Å². The molecule has 0 saturated carbocycles. The van der Waals surface area contributed by atoms with Crippen LogP contribution < -0.4 is 15.2 Å². The predicted molar refractivity (Wildman–Crippen MR) is 59.6 cm³/mol. The molecule has 0 spiro atoms. The Morgan fingerprint density at radius 1 is 1.56 bits per heavy atom. The lowest BCUT2D eigenvalue weighted by Crippen LogP contribution is -2.26. The highest BCUT2D eigenvalue weighted by Crippen LogP contribution is 2.43. The molecule has 0 bridgehead atoms. The smallest absolute Gasteiger partial charge is 0.199 e. The molecule has 0 radical (unpaired) electrons. The average Bonchev–Trinajstić information content (AvgIpc) is 2.59. The maximum absolute atomic E-state index is 13.7. The van der Waals surface area contributed by atoms with Crippen LogP contribution in [0.4, 0.5) is 9.52 Å². The first-order valence-electron chi connectivity index (χ1n) is 4.83. The Morgan fingerprint density at radius 3 is 3.19 bits per heavy atom. The Labute approximate surface area is 94.8 Å². The quantitative estimate of drug-likeness (QED) is 0.766. The van der Waals surface area contributed by atoms with Crippen LogP contribution in [0.25, 0.3) is 10.2 Å². The molecule has 2 N–H and O–H groups in total. The highest BCUT2D eigenvalue weighted by Gasteiger charge is 2.25. The Morgan fingerprint density at radius 2 is 2.38 bits per heavy atom. The third-order valence-corrected chi connectivity index (χ3v) is 3.24. The van der Waals surface area contributed by atoms with Crippen molar-refractivity contribution < 1.29 is 13.9 Å². The number of benzene rings is 1. The Balaban J connectivity index is 2.31. The molecule has 0 saturated heterocycles. The number of fused-ring (bicyclic) bond motifs is 3. The lowest BCUT2D eigenvalue weighted by Gasteiger charge is -2.24. The number of ether oxygens (including phenoxy) is 2. The molecule has 6 heteroatoms. The standard InChI is InChI=1S/C10H9FN2O2S/c1-4-3-14-8-7(15-4)5(11)2-6-9(8)16-10(12)13-6/h2,4H,3H2,1H3,(H2,12,13)/t4-/m0/s1. The van der Waals surface area contributed by atoms with Crippen LogP contribution in [0.1, 0.15) is 6.92 Å². The molecule has 2 heterocycles. The van der Waals surface area contributed by atoms with Gasteiger partial charge in [0.1, 0.15) is 17.4 Å². The van der Waals surface area contributed by atoms with E-state index in [4.69, 9.17) is 15.2 Å². The second kappa shape index (κ2) is 3.21. The van der Waals surface area contributed by atoms with Crippen molar-refractivity contribution in [1.82, 2.24) is 4.98 Å². The summed E-state index contributed by atoms with van der Waals surface area (Å²) in [5.41, 5.74) is 6.10. The number of hydrogen-bond donors (Lipinski definition) is 1. The van der Waals surface area contributed by atoms with E-state index in [2.05, 4.69) is 4.98 Å². The molecule has 1 aliphatic rings. The van der Waals surface area contributed by atoms with Crippen molar-refractivity contribution in [3.05, 3.63) is 11.9 Å². The fraction of sp³-hybridized carbons (Fsp3) is 0.300. The molecule has 0 fully saturated rings. The van der Waals surface area contributed by atoms with Crippen LogP contribution >= 0.6 is 11.3 Å². The van der Waals surface area contributed by atoms with Gasteiger partial charge in [0.05, 0.1) is 5.52 Å². The van der Waals surface area contributed by atoms with E-state index in [0.29, 0.717) is 23.0 Å². The first-order chi connectivity index (χ1) is 7.65.